The minimum Gasteiger partial charge on any atom is -0.355 e. The Bertz CT molecular complexity index is 368. The molecule has 6 nitrogen and oxygen atoms in total. The van der Waals surface area contributed by atoms with E-state index in [1.807, 2.05) is 32.8 Å². The van der Waals surface area contributed by atoms with Crippen LogP contribution in [0, 0.1) is 0 Å². The van der Waals surface area contributed by atoms with E-state index >= 15 is 0 Å². The molecule has 1 unspecified atom stereocenters. The van der Waals surface area contributed by atoms with Gasteiger partial charge >= 0.3 is 0 Å². The molecule has 0 bridgehead atoms. The molecular weight excluding hydrogens is 266 g/mol. The highest BCUT2D eigenvalue weighted by Gasteiger charge is 2.22. The molecule has 114 valence electrons. The van der Waals surface area contributed by atoms with Gasteiger partial charge in [-0.1, -0.05) is 6.92 Å². The van der Waals surface area contributed by atoms with Gasteiger partial charge in [-0.2, -0.15) is 4.31 Å². The van der Waals surface area contributed by atoms with Crippen LogP contribution in [0.4, 0.5) is 0 Å². The van der Waals surface area contributed by atoms with Gasteiger partial charge in [0.1, 0.15) is 0 Å². The van der Waals surface area contributed by atoms with Gasteiger partial charge in [0.15, 0.2) is 0 Å². The molecule has 0 aliphatic carbocycles. The van der Waals surface area contributed by atoms with Crippen LogP contribution in [-0.2, 0) is 14.8 Å². The lowest BCUT2D eigenvalue weighted by Crippen LogP contribution is -2.40. The third-order valence-corrected chi connectivity index (χ3v) is 4.34. The van der Waals surface area contributed by atoms with Gasteiger partial charge in [0.05, 0.1) is 6.26 Å². The van der Waals surface area contributed by atoms with Crippen molar-refractivity contribution in [2.24, 2.45) is 0 Å². The van der Waals surface area contributed by atoms with E-state index in [1.165, 1.54) is 10.6 Å². The first-order valence-corrected chi connectivity index (χ1v) is 8.41. The summed E-state index contributed by atoms with van der Waals surface area (Å²) < 4.78 is 24.7. The van der Waals surface area contributed by atoms with Gasteiger partial charge in [-0.15, -0.1) is 0 Å². The Morgan fingerprint density at radius 1 is 1.26 bits per heavy atom. The van der Waals surface area contributed by atoms with Crippen LogP contribution in [0.3, 0.4) is 0 Å². The van der Waals surface area contributed by atoms with Crippen LogP contribution >= 0.6 is 0 Å². The molecule has 0 aliphatic rings. The van der Waals surface area contributed by atoms with Crippen molar-refractivity contribution >= 4 is 15.9 Å². The van der Waals surface area contributed by atoms with Crippen LogP contribution in [-0.4, -0.2) is 69.6 Å². The highest BCUT2D eigenvalue weighted by Crippen LogP contribution is 2.09. The number of likely N-dealkylation sites (N-methyl/N-ethyl adjacent to an activating group) is 1. The SMILES string of the molecule is CCC(C)N(CCC(=O)NCCN(C)C)S(C)(=O)=O. The maximum Gasteiger partial charge on any atom is 0.221 e. The molecular formula is C12H27N3O3S. The third-order valence-electron chi connectivity index (χ3n) is 2.95. The highest BCUT2D eigenvalue weighted by molar-refractivity contribution is 7.88. The first-order chi connectivity index (χ1) is 8.68. The zero-order valence-electron chi connectivity index (χ0n) is 12.6. The normalized spacial score (nSPS) is 13.8. The highest BCUT2D eigenvalue weighted by atomic mass is 32.2. The van der Waals surface area contributed by atoms with E-state index in [0.29, 0.717) is 6.54 Å². The molecule has 0 aromatic heterocycles. The number of nitrogens with zero attached hydrogens (tertiary/aromatic N) is 2. The number of carbonyl (C=O) groups excluding carboxylic acids is 1. The number of sulfonamides is 1. The summed E-state index contributed by atoms with van der Waals surface area (Å²) in [7, 11) is 0.601. The second-order valence-electron chi connectivity index (χ2n) is 5.03. The smallest absolute Gasteiger partial charge is 0.221 e. The van der Waals surface area contributed by atoms with Gasteiger partial charge < -0.3 is 10.2 Å². The molecule has 7 heteroatoms. The fraction of sp³-hybridized carbons (Fsp3) is 0.917. The summed E-state index contributed by atoms with van der Waals surface area (Å²) in [6, 6.07) is -0.0791. The molecule has 0 heterocycles. The summed E-state index contributed by atoms with van der Waals surface area (Å²) in [5.74, 6) is -0.112. The van der Waals surface area contributed by atoms with Crippen molar-refractivity contribution in [2.75, 3.05) is 40.0 Å². The Balaban J connectivity index is 4.22. The molecule has 0 rings (SSSR count). The summed E-state index contributed by atoms with van der Waals surface area (Å²) in [6.45, 7) is 5.37. The Kier molecular flexibility index (Phi) is 8.20. The van der Waals surface area contributed by atoms with E-state index in [2.05, 4.69) is 5.32 Å². The second kappa shape index (κ2) is 8.50. The van der Waals surface area contributed by atoms with E-state index in [-0.39, 0.29) is 24.9 Å². The van der Waals surface area contributed by atoms with Crippen LogP contribution in [0.2, 0.25) is 0 Å². The molecule has 0 fully saturated rings. The third kappa shape index (κ3) is 8.18. The lowest BCUT2D eigenvalue weighted by atomic mass is 10.2. The molecule has 0 aliphatic heterocycles. The summed E-state index contributed by atoms with van der Waals surface area (Å²) in [5.41, 5.74) is 0. The number of nitrogens with one attached hydrogen (secondary N) is 1. The second-order valence-corrected chi connectivity index (χ2v) is 6.97. The van der Waals surface area contributed by atoms with Crippen molar-refractivity contribution in [2.45, 2.75) is 32.7 Å². The number of hydrogen-bond acceptors (Lipinski definition) is 4. The van der Waals surface area contributed by atoms with Crippen LogP contribution in [0.15, 0.2) is 0 Å². The van der Waals surface area contributed by atoms with E-state index in [4.69, 9.17) is 0 Å². The van der Waals surface area contributed by atoms with Gasteiger partial charge in [0.25, 0.3) is 0 Å². The van der Waals surface area contributed by atoms with Crippen LogP contribution in [0.5, 0.6) is 0 Å². The van der Waals surface area contributed by atoms with Gasteiger partial charge in [-0.05, 0) is 27.4 Å². The van der Waals surface area contributed by atoms with Crippen molar-refractivity contribution in [3.8, 4) is 0 Å². The Morgan fingerprint density at radius 3 is 2.26 bits per heavy atom. The molecule has 0 aromatic carbocycles. The van der Waals surface area contributed by atoms with Gasteiger partial charge in [0.2, 0.25) is 15.9 Å². The van der Waals surface area contributed by atoms with Crippen molar-refractivity contribution in [3.63, 3.8) is 0 Å². The monoisotopic (exact) mass is 293 g/mol. The number of amides is 1. The quantitative estimate of drug-likeness (QED) is 0.655. The van der Waals surface area contributed by atoms with Crippen LogP contribution < -0.4 is 5.32 Å². The summed E-state index contributed by atoms with van der Waals surface area (Å²) >= 11 is 0. The fourth-order valence-corrected chi connectivity index (χ4v) is 2.86. The topological polar surface area (TPSA) is 69.7 Å². The molecule has 0 radical (unpaired) electrons. The van der Waals surface area contributed by atoms with E-state index in [9.17, 15) is 13.2 Å². The summed E-state index contributed by atoms with van der Waals surface area (Å²) in [5, 5.41) is 2.78. The number of hydrogen-bond donors (Lipinski definition) is 1. The predicted molar refractivity (Wildman–Crippen MR) is 77.5 cm³/mol. The fourth-order valence-electron chi connectivity index (χ4n) is 1.64. The Hall–Kier alpha value is -0.660. The standard InChI is InChI=1S/C12H27N3O3S/c1-6-11(2)15(19(5,17)18)9-7-12(16)13-8-10-14(3)4/h11H,6-10H2,1-5H3,(H,13,16). The van der Waals surface area contributed by atoms with Crippen molar-refractivity contribution in [1.82, 2.24) is 14.5 Å². The summed E-state index contributed by atoms with van der Waals surface area (Å²) in [4.78, 5) is 13.6. The van der Waals surface area contributed by atoms with E-state index in [1.54, 1.807) is 0 Å². The van der Waals surface area contributed by atoms with Gasteiger partial charge in [0, 0.05) is 32.1 Å². The zero-order chi connectivity index (χ0) is 15.1. The lowest BCUT2D eigenvalue weighted by Gasteiger charge is -2.25. The molecule has 1 atom stereocenters. The lowest BCUT2D eigenvalue weighted by molar-refractivity contribution is -0.121. The van der Waals surface area contributed by atoms with Crippen LogP contribution in [0.1, 0.15) is 26.7 Å². The van der Waals surface area contributed by atoms with Crippen molar-refractivity contribution in [1.29, 1.82) is 0 Å². The Labute approximate surface area is 117 Å². The maximum absolute atomic E-state index is 11.6. The van der Waals surface area contributed by atoms with Crippen molar-refractivity contribution < 1.29 is 13.2 Å². The summed E-state index contributed by atoms with van der Waals surface area (Å²) in [6.07, 6.45) is 2.11. The molecule has 19 heavy (non-hydrogen) atoms. The molecule has 0 aromatic rings. The van der Waals surface area contributed by atoms with Crippen molar-refractivity contribution in [3.05, 3.63) is 0 Å². The average Bonchev–Trinajstić information content (AvgIpc) is 2.26. The largest absolute Gasteiger partial charge is 0.355 e. The number of carbonyl (C=O) groups is 1. The maximum atomic E-state index is 11.6. The molecule has 0 spiro atoms. The minimum atomic E-state index is -3.26. The van der Waals surface area contributed by atoms with Gasteiger partial charge in [-0.25, -0.2) is 8.42 Å². The molecule has 0 saturated heterocycles. The average molecular weight is 293 g/mol. The Morgan fingerprint density at radius 2 is 1.84 bits per heavy atom. The predicted octanol–water partition coefficient (Wildman–Crippen LogP) is 0.114. The molecule has 1 N–H and O–H groups in total. The first kappa shape index (κ1) is 18.3. The zero-order valence-corrected chi connectivity index (χ0v) is 13.5. The molecule has 1 amide bonds. The van der Waals surface area contributed by atoms with Crippen LogP contribution in [0.25, 0.3) is 0 Å². The van der Waals surface area contributed by atoms with Gasteiger partial charge in [-0.3, -0.25) is 4.79 Å². The first-order valence-electron chi connectivity index (χ1n) is 6.56. The minimum absolute atomic E-state index is 0.0791. The number of rotatable bonds is 9. The van der Waals surface area contributed by atoms with E-state index in [0.717, 1.165) is 13.0 Å². The molecule has 0 saturated carbocycles. The van der Waals surface area contributed by atoms with E-state index < -0.39 is 10.0 Å².